The summed E-state index contributed by atoms with van der Waals surface area (Å²) in [6, 6.07) is 7.69. The van der Waals surface area contributed by atoms with Crippen LogP contribution in [0, 0.1) is 5.82 Å². The Bertz CT molecular complexity index is 680. The van der Waals surface area contributed by atoms with Crippen molar-refractivity contribution in [2.24, 2.45) is 0 Å². The van der Waals surface area contributed by atoms with E-state index in [-0.39, 0.29) is 17.8 Å². The molecule has 4 nitrogen and oxygen atoms in total. The van der Waals surface area contributed by atoms with Crippen LogP contribution in [-0.4, -0.2) is 22.5 Å². The molecule has 114 valence electrons. The Balaban J connectivity index is 1.76. The molecule has 1 aromatic carbocycles. The number of amides is 2. The Morgan fingerprint density at radius 2 is 2.09 bits per heavy atom. The number of rotatable bonds is 2. The van der Waals surface area contributed by atoms with Gasteiger partial charge in [0.05, 0.1) is 11.7 Å². The highest BCUT2D eigenvalue weighted by Gasteiger charge is 2.30. The number of likely N-dealkylation sites (tertiary alicyclic amines) is 1. The van der Waals surface area contributed by atoms with Crippen LogP contribution in [-0.2, 0) is 0 Å². The van der Waals surface area contributed by atoms with Crippen molar-refractivity contribution in [2.75, 3.05) is 11.9 Å². The van der Waals surface area contributed by atoms with E-state index in [0.29, 0.717) is 11.6 Å². The smallest absolute Gasteiger partial charge is 0.317 e. The maximum atomic E-state index is 13.8. The third-order valence-corrected chi connectivity index (χ3v) is 4.01. The van der Waals surface area contributed by atoms with Gasteiger partial charge in [0, 0.05) is 24.0 Å². The minimum absolute atomic E-state index is 0.00152. The number of nitrogens with one attached hydrogen (secondary N) is 1. The summed E-state index contributed by atoms with van der Waals surface area (Å²) in [5.41, 5.74) is 1.18. The van der Waals surface area contributed by atoms with Crippen LogP contribution in [0.1, 0.15) is 24.4 Å². The van der Waals surface area contributed by atoms with Crippen molar-refractivity contribution < 1.29 is 9.18 Å². The summed E-state index contributed by atoms with van der Waals surface area (Å²) in [5, 5.41) is 2.91. The lowest BCUT2D eigenvalue weighted by Crippen LogP contribution is -2.34. The number of halogens is 2. The van der Waals surface area contributed by atoms with Crippen molar-refractivity contribution in [2.45, 2.75) is 18.9 Å². The van der Waals surface area contributed by atoms with Gasteiger partial charge in [-0.2, -0.15) is 0 Å². The van der Waals surface area contributed by atoms with Gasteiger partial charge >= 0.3 is 6.03 Å². The van der Waals surface area contributed by atoms with Gasteiger partial charge in [-0.3, -0.25) is 4.98 Å². The molecule has 0 radical (unpaired) electrons. The van der Waals surface area contributed by atoms with Gasteiger partial charge in [-0.1, -0.05) is 11.6 Å². The molecule has 0 saturated carbocycles. The molecule has 22 heavy (non-hydrogen) atoms. The van der Waals surface area contributed by atoms with Crippen LogP contribution in [0.2, 0.25) is 5.02 Å². The highest BCUT2D eigenvalue weighted by Crippen LogP contribution is 2.32. The van der Waals surface area contributed by atoms with Crippen molar-refractivity contribution in [1.82, 2.24) is 9.88 Å². The molecule has 1 aliphatic heterocycles. The van der Waals surface area contributed by atoms with Crippen molar-refractivity contribution in [3.05, 3.63) is 59.1 Å². The molecule has 3 rings (SSSR count). The fraction of sp³-hybridized carbons (Fsp3) is 0.250. The Kier molecular flexibility index (Phi) is 4.24. The summed E-state index contributed by atoms with van der Waals surface area (Å²) in [5.74, 6) is -0.541. The van der Waals surface area contributed by atoms with Crippen LogP contribution in [0.5, 0.6) is 0 Å². The minimum Gasteiger partial charge on any atom is -0.317 e. The van der Waals surface area contributed by atoms with Crippen molar-refractivity contribution >= 4 is 23.3 Å². The van der Waals surface area contributed by atoms with E-state index in [4.69, 9.17) is 11.6 Å². The molecule has 2 heterocycles. The molecule has 1 aromatic heterocycles. The summed E-state index contributed by atoms with van der Waals surface area (Å²) >= 11 is 5.71. The van der Waals surface area contributed by atoms with E-state index in [1.807, 2.05) is 12.1 Å². The fourth-order valence-electron chi connectivity index (χ4n) is 2.72. The third-order valence-electron chi connectivity index (χ3n) is 3.78. The molecule has 1 saturated heterocycles. The zero-order chi connectivity index (χ0) is 15.5. The molecule has 1 fully saturated rings. The molecule has 1 unspecified atom stereocenters. The number of urea groups is 1. The second-order valence-electron chi connectivity index (χ2n) is 5.19. The molecule has 1 aliphatic rings. The molecular weight excluding hydrogens is 305 g/mol. The van der Waals surface area contributed by atoms with Crippen LogP contribution >= 0.6 is 11.6 Å². The predicted molar refractivity (Wildman–Crippen MR) is 83.3 cm³/mol. The number of pyridine rings is 1. The van der Waals surface area contributed by atoms with Crippen LogP contribution in [0.4, 0.5) is 14.9 Å². The van der Waals surface area contributed by atoms with Gasteiger partial charge < -0.3 is 10.2 Å². The quantitative estimate of drug-likeness (QED) is 0.899. The van der Waals surface area contributed by atoms with Crippen LogP contribution in [0.15, 0.2) is 42.7 Å². The second-order valence-corrected chi connectivity index (χ2v) is 5.62. The van der Waals surface area contributed by atoms with Gasteiger partial charge in [0.25, 0.3) is 0 Å². The Morgan fingerprint density at radius 3 is 2.82 bits per heavy atom. The zero-order valence-corrected chi connectivity index (χ0v) is 12.6. The van der Waals surface area contributed by atoms with Crippen LogP contribution < -0.4 is 5.32 Å². The summed E-state index contributed by atoms with van der Waals surface area (Å²) < 4.78 is 13.8. The first-order chi connectivity index (χ1) is 10.6. The first-order valence-electron chi connectivity index (χ1n) is 7.08. The summed E-state index contributed by atoms with van der Waals surface area (Å²) in [6.07, 6.45) is 5.23. The topological polar surface area (TPSA) is 45.2 Å². The maximum absolute atomic E-state index is 13.8. The minimum atomic E-state index is -0.541. The van der Waals surface area contributed by atoms with E-state index in [9.17, 15) is 9.18 Å². The molecule has 0 aliphatic carbocycles. The van der Waals surface area contributed by atoms with Crippen LogP contribution in [0.3, 0.4) is 0 Å². The number of hydrogen-bond donors (Lipinski definition) is 1. The van der Waals surface area contributed by atoms with E-state index in [1.54, 1.807) is 23.4 Å². The molecule has 0 bridgehead atoms. The second kappa shape index (κ2) is 6.32. The summed E-state index contributed by atoms with van der Waals surface area (Å²) in [7, 11) is 0. The zero-order valence-electron chi connectivity index (χ0n) is 11.8. The number of carbonyl (C=O) groups excluding carboxylic acids is 1. The summed E-state index contributed by atoms with van der Waals surface area (Å²) in [4.78, 5) is 18.2. The van der Waals surface area contributed by atoms with Gasteiger partial charge in [-0.15, -0.1) is 0 Å². The Morgan fingerprint density at radius 1 is 1.32 bits per heavy atom. The number of hydrogen-bond acceptors (Lipinski definition) is 2. The normalized spacial score (nSPS) is 17.5. The van der Waals surface area contributed by atoms with Crippen molar-refractivity contribution in [3.63, 3.8) is 0 Å². The predicted octanol–water partition coefficient (Wildman–Crippen LogP) is 4.24. The number of benzene rings is 1. The monoisotopic (exact) mass is 319 g/mol. The van der Waals surface area contributed by atoms with Gasteiger partial charge in [0.2, 0.25) is 0 Å². The lowest BCUT2D eigenvalue weighted by Gasteiger charge is -2.25. The fourth-order valence-corrected chi connectivity index (χ4v) is 2.88. The molecule has 1 atom stereocenters. The average Bonchev–Trinajstić information content (AvgIpc) is 3.00. The molecule has 2 amide bonds. The molecule has 1 N–H and O–H groups in total. The van der Waals surface area contributed by atoms with E-state index >= 15 is 0 Å². The van der Waals surface area contributed by atoms with Crippen molar-refractivity contribution in [3.8, 4) is 0 Å². The van der Waals surface area contributed by atoms with Gasteiger partial charge in [0.15, 0.2) is 0 Å². The third kappa shape index (κ3) is 3.04. The highest BCUT2D eigenvalue weighted by atomic mass is 35.5. The Hall–Kier alpha value is -2.14. The van der Waals surface area contributed by atoms with Gasteiger partial charge in [0.1, 0.15) is 5.82 Å². The van der Waals surface area contributed by atoms with Gasteiger partial charge in [-0.25, -0.2) is 9.18 Å². The molecule has 0 spiro atoms. The van der Waals surface area contributed by atoms with Crippen molar-refractivity contribution in [1.29, 1.82) is 0 Å². The molecule has 2 aromatic rings. The maximum Gasteiger partial charge on any atom is 0.322 e. The standard InChI is InChI=1S/C16H15ClFN3O/c17-12-3-4-14(13(18)10-12)20-16(22)21-9-1-2-15(21)11-5-7-19-8-6-11/h3-8,10,15H,1-2,9H2,(H,20,22). The van der Waals surface area contributed by atoms with Gasteiger partial charge in [-0.05, 0) is 48.7 Å². The van der Waals surface area contributed by atoms with E-state index in [0.717, 1.165) is 18.4 Å². The lowest BCUT2D eigenvalue weighted by molar-refractivity contribution is 0.207. The average molecular weight is 320 g/mol. The molecule has 6 heteroatoms. The highest BCUT2D eigenvalue weighted by molar-refractivity contribution is 6.30. The van der Waals surface area contributed by atoms with Crippen LogP contribution in [0.25, 0.3) is 0 Å². The number of carbonyl (C=O) groups is 1. The first-order valence-corrected chi connectivity index (χ1v) is 7.45. The number of nitrogens with zero attached hydrogens (tertiary/aromatic N) is 2. The SMILES string of the molecule is O=C(Nc1ccc(Cl)cc1F)N1CCCC1c1ccncc1. The lowest BCUT2D eigenvalue weighted by atomic mass is 10.1. The molecular formula is C16H15ClFN3O. The van der Waals surface area contributed by atoms with E-state index < -0.39 is 5.82 Å². The number of anilines is 1. The van der Waals surface area contributed by atoms with E-state index in [2.05, 4.69) is 10.3 Å². The first kappa shape index (κ1) is 14.8. The Labute approximate surface area is 132 Å². The summed E-state index contributed by atoms with van der Waals surface area (Å²) in [6.45, 7) is 0.647. The number of aromatic nitrogens is 1. The van der Waals surface area contributed by atoms with E-state index in [1.165, 1.54) is 12.1 Å². The largest absolute Gasteiger partial charge is 0.322 e.